The molecule has 1 aromatic carbocycles. The SMILES string of the molecule is C=Cc1ccc(C(=O)OCC(O)COC(=O)C(C)C)cc1. The van der Waals surface area contributed by atoms with Gasteiger partial charge in [0, 0.05) is 0 Å². The lowest BCUT2D eigenvalue weighted by molar-refractivity contribution is -0.151. The third-order valence-electron chi connectivity index (χ3n) is 2.68. The molecule has 0 bridgehead atoms. The highest BCUT2D eigenvalue weighted by Crippen LogP contribution is 2.07. The molecule has 0 aliphatic heterocycles. The molecule has 1 atom stereocenters. The van der Waals surface area contributed by atoms with Crippen LogP contribution >= 0.6 is 0 Å². The van der Waals surface area contributed by atoms with E-state index in [1.54, 1.807) is 44.2 Å². The number of benzene rings is 1. The summed E-state index contributed by atoms with van der Waals surface area (Å²) in [6.45, 7) is 6.59. The van der Waals surface area contributed by atoms with Crippen LogP contribution in [0.5, 0.6) is 0 Å². The predicted molar refractivity (Wildman–Crippen MR) is 78.6 cm³/mol. The summed E-state index contributed by atoms with van der Waals surface area (Å²) in [4.78, 5) is 22.9. The Balaban J connectivity index is 2.37. The predicted octanol–water partition coefficient (Wildman–Crippen LogP) is 2.05. The van der Waals surface area contributed by atoms with E-state index in [9.17, 15) is 14.7 Å². The molecule has 5 nitrogen and oxygen atoms in total. The van der Waals surface area contributed by atoms with Crippen molar-refractivity contribution in [2.24, 2.45) is 5.92 Å². The van der Waals surface area contributed by atoms with Gasteiger partial charge in [-0.15, -0.1) is 0 Å². The first-order chi connectivity index (χ1) is 9.93. The lowest BCUT2D eigenvalue weighted by Crippen LogP contribution is -2.26. The van der Waals surface area contributed by atoms with Crippen LogP contribution in [0.15, 0.2) is 30.8 Å². The van der Waals surface area contributed by atoms with Crippen LogP contribution in [0.2, 0.25) is 0 Å². The van der Waals surface area contributed by atoms with E-state index in [4.69, 9.17) is 9.47 Å². The van der Waals surface area contributed by atoms with Crippen molar-refractivity contribution >= 4 is 18.0 Å². The highest BCUT2D eigenvalue weighted by molar-refractivity contribution is 5.89. The third-order valence-corrected chi connectivity index (χ3v) is 2.68. The van der Waals surface area contributed by atoms with Crippen LogP contribution in [0.25, 0.3) is 6.08 Å². The van der Waals surface area contributed by atoms with E-state index in [1.165, 1.54) is 0 Å². The first-order valence-electron chi connectivity index (χ1n) is 6.68. The Morgan fingerprint density at radius 1 is 1.19 bits per heavy atom. The van der Waals surface area contributed by atoms with E-state index < -0.39 is 18.0 Å². The number of aliphatic hydroxyl groups excluding tert-OH is 1. The van der Waals surface area contributed by atoms with Gasteiger partial charge >= 0.3 is 11.9 Å². The Bertz CT molecular complexity index is 490. The molecular weight excluding hydrogens is 272 g/mol. The van der Waals surface area contributed by atoms with Gasteiger partial charge in [0.15, 0.2) is 0 Å². The van der Waals surface area contributed by atoms with Gasteiger partial charge in [0.25, 0.3) is 0 Å². The molecule has 0 fully saturated rings. The van der Waals surface area contributed by atoms with Gasteiger partial charge in [-0.3, -0.25) is 4.79 Å². The molecule has 1 aromatic rings. The average Bonchev–Trinajstić information content (AvgIpc) is 2.50. The van der Waals surface area contributed by atoms with Crippen LogP contribution < -0.4 is 0 Å². The standard InChI is InChI=1S/C16H20O5/c1-4-12-5-7-13(8-6-12)16(19)21-10-14(17)9-20-15(18)11(2)3/h4-8,11,14,17H,1,9-10H2,2-3H3. The van der Waals surface area contributed by atoms with Gasteiger partial charge in [-0.2, -0.15) is 0 Å². The summed E-state index contributed by atoms with van der Waals surface area (Å²) in [5, 5.41) is 9.59. The zero-order chi connectivity index (χ0) is 15.8. The second-order valence-electron chi connectivity index (χ2n) is 4.86. The van der Waals surface area contributed by atoms with Gasteiger partial charge in [-0.1, -0.05) is 38.6 Å². The van der Waals surface area contributed by atoms with Crippen LogP contribution in [0.4, 0.5) is 0 Å². The normalized spacial score (nSPS) is 11.8. The smallest absolute Gasteiger partial charge is 0.338 e. The molecule has 0 saturated heterocycles. The van der Waals surface area contributed by atoms with Crippen molar-refractivity contribution in [2.45, 2.75) is 20.0 Å². The number of aliphatic hydroxyl groups is 1. The minimum Gasteiger partial charge on any atom is -0.463 e. The molecule has 0 heterocycles. The molecule has 1 unspecified atom stereocenters. The largest absolute Gasteiger partial charge is 0.463 e. The van der Waals surface area contributed by atoms with Crippen molar-refractivity contribution < 1.29 is 24.2 Å². The summed E-state index contributed by atoms with van der Waals surface area (Å²) in [6, 6.07) is 6.71. The molecule has 0 aliphatic carbocycles. The zero-order valence-electron chi connectivity index (χ0n) is 12.2. The summed E-state index contributed by atoms with van der Waals surface area (Å²) in [5.41, 5.74) is 1.28. The molecule has 0 spiro atoms. The van der Waals surface area contributed by atoms with Gasteiger partial charge in [-0.25, -0.2) is 4.79 Å². The maximum Gasteiger partial charge on any atom is 0.338 e. The number of carbonyl (C=O) groups is 2. The summed E-state index contributed by atoms with van der Waals surface area (Å²) < 4.78 is 9.79. The first kappa shape index (κ1) is 16.9. The highest BCUT2D eigenvalue weighted by atomic mass is 16.6. The van der Waals surface area contributed by atoms with E-state index in [2.05, 4.69) is 6.58 Å². The van der Waals surface area contributed by atoms with Crippen molar-refractivity contribution in [1.82, 2.24) is 0 Å². The summed E-state index contributed by atoms with van der Waals surface area (Å²) >= 11 is 0. The molecule has 0 amide bonds. The fourth-order valence-electron chi connectivity index (χ4n) is 1.40. The molecule has 0 aromatic heterocycles. The van der Waals surface area contributed by atoms with Crippen LogP contribution in [0.1, 0.15) is 29.8 Å². The monoisotopic (exact) mass is 292 g/mol. The summed E-state index contributed by atoms with van der Waals surface area (Å²) in [6.07, 6.45) is 0.631. The van der Waals surface area contributed by atoms with Gasteiger partial charge < -0.3 is 14.6 Å². The van der Waals surface area contributed by atoms with E-state index in [1.807, 2.05) is 0 Å². The molecule has 1 rings (SSSR count). The van der Waals surface area contributed by atoms with E-state index in [0.29, 0.717) is 5.56 Å². The minimum absolute atomic E-state index is 0.195. The molecule has 0 saturated carbocycles. The maximum absolute atomic E-state index is 11.7. The average molecular weight is 292 g/mol. The lowest BCUT2D eigenvalue weighted by Gasteiger charge is -2.13. The lowest BCUT2D eigenvalue weighted by atomic mass is 10.1. The number of ether oxygens (including phenoxy) is 2. The molecule has 0 radical (unpaired) electrons. The topological polar surface area (TPSA) is 72.8 Å². The first-order valence-corrected chi connectivity index (χ1v) is 6.68. The fraction of sp³-hybridized carbons (Fsp3) is 0.375. The quantitative estimate of drug-likeness (QED) is 0.779. The van der Waals surface area contributed by atoms with Gasteiger partial charge in [0.05, 0.1) is 11.5 Å². The van der Waals surface area contributed by atoms with Crippen LogP contribution in [-0.4, -0.2) is 36.4 Å². The zero-order valence-corrected chi connectivity index (χ0v) is 12.2. The number of rotatable bonds is 7. The summed E-state index contributed by atoms with van der Waals surface area (Å²) in [5.74, 6) is -1.21. The molecule has 114 valence electrons. The molecular formula is C16H20O5. The Morgan fingerprint density at radius 2 is 1.76 bits per heavy atom. The third kappa shape index (κ3) is 5.79. The Morgan fingerprint density at radius 3 is 2.29 bits per heavy atom. The van der Waals surface area contributed by atoms with Gasteiger partial charge in [0.2, 0.25) is 0 Å². The van der Waals surface area contributed by atoms with E-state index >= 15 is 0 Å². The van der Waals surface area contributed by atoms with Crippen LogP contribution in [-0.2, 0) is 14.3 Å². The maximum atomic E-state index is 11.7. The molecule has 0 aliphatic rings. The second-order valence-corrected chi connectivity index (χ2v) is 4.86. The number of carbonyl (C=O) groups excluding carboxylic acids is 2. The fourth-order valence-corrected chi connectivity index (χ4v) is 1.40. The van der Waals surface area contributed by atoms with Crippen molar-refractivity contribution in [2.75, 3.05) is 13.2 Å². The highest BCUT2D eigenvalue weighted by Gasteiger charge is 2.14. The number of hydrogen-bond acceptors (Lipinski definition) is 5. The van der Waals surface area contributed by atoms with Crippen molar-refractivity contribution in [3.05, 3.63) is 42.0 Å². The molecule has 5 heteroatoms. The minimum atomic E-state index is -1.04. The Kier molecular flexibility index (Phi) is 6.62. The Hall–Kier alpha value is -2.14. The van der Waals surface area contributed by atoms with Crippen molar-refractivity contribution in [3.8, 4) is 0 Å². The van der Waals surface area contributed by atoms with Crippen LogP contribution in [0.3, 0.4) is 0 Å². The number of esters is 2. The van der Waals surface area contributed by atoms with Crippen molar-refractivity contribution in [1.29, 1.82) is 0 Å². The summed E-state index contributed by atoms with van der Waals surface area (Å²) in [7, 11) is 0. The van der Waals surface area contributed by atoms with Gasteiger partial charge in [-0.05, 0) is 17.7 Å². The Labute approximate surface area is 124 Å². The van der Waals surface area contributed by atoms with Crippen LogP contribution in [0, 0.1) is 5.92 Å². The number of hydrogen-bond donors (Lipinski definition) is 1. The second kappa shape index (κ2) is 8.21. The van der Waals surface area contributed by atoms with E-state index in [0.717, 1.165) is 5.56 Å². The van der Waals surface area contributed by atoms with E-state index in [-0.39, 0.29) is 19.1 Å². The molecule has 1 N–H and O–H groups in total. The van der Waals surface area contributed by atoms with Gasteiger partial charge in [0.1, 0.15) is 19.3 Å². The molecule has 21 heavy (non-hydrogen) atoms. The van der Waals surface area contributed by atoms with Crippen molar-refractivity contribution in [3.63, 3.8) is 0 Å².